The number of tetrazole rings is 1. The molecule has 0 saturated heterocycles. The maximum Gasteiger partial charge on any atom is 0.293 e. The lowest BCUT2D eigenvalue weighted by Crippen LogP contribution is -2.23. The van der Waals surface area contributed by atoms with Crippen LogP contribution in [-0.2, 0) is 6.54 Å². The van der Waals surface area contributed by atoms with Gasteiger partial charge >= 0.3 is 0 Å². The molecule has 0 bridgehead atoms. The zero-order valence-corrected chi connectivity index (χ0v) is 7.10. The van der Waals surface area contributed by atoms with Crippen LogP contribution in [0.3, 0.4) is 0 Å². The molecule has 0 atom stereocenters. The van der Waals surface area contributed by atoms with Gasteiger partial charge in [-0.3, -0.25) is 4.79 Å². The van der Waals surface area contributed by atoms with Crippen LogP contribution in [0.4, 0.5) is 0 Å². The molecule has 2 rings (SSSR count). The third kappa shape index (κ3) is 1.76. The fourth-order valence-corrected chi connectivity index (χ4v) is 0.918. The topological polar surface area (TPSA) is 96.7 Å². The molecule has 0 radical (unpaired) electrons. The predicted molar refractivity (Wildman–Crippen MR) is 44.1 cm³/mol. The lowest BCUT2D eigenvalue weighted by Gasteiger charge is -1.97. The Hall–Kier alpha value is -2.18. The van der Waals surface area contributed by atoms with Crippen LogP contribution >= 0.6 is 0 Å². The van der Waals surface area contributed by atoms with E-state index >= 15 is 0 Å². The Morgan fingerprint density at radius 1 is 1.64 bits per heavy atom. The second-order valence-electron chi connectivity index (χ2n) is 2.50. The Kier molecular flexibility index (Phi) is 2.22. The summed E-state index contributed by atoms with van der Waals surface area (Å²) in [7, 11) is 0. The Labute approximate surface area is 78.5 Å². The number of aromatic nitrogens is 4. The van der Waals surface area contributed by atoms with E-state index in [0.717, 1.165) is 0 Å². The smallest absolute Gasteiger partial charge is 0.293 e. The minimum Gasteiger partial charge on any atom is -0.467 e. The lowest BCUT2D eigenvalue weighted by atomic mass is 10.4. The SMILES string of the molecule is O=C(NCc1ccco1)c1nn[nH]n1. The third-order valence-corrected chi connectivity index (χ3v) is 1.55. The Morgan fingerprint density at radius 2 is 2.57 bits per heavy atom. The lowest BCUT2D eigenvalue weighted by molar-refractivity contribution is 0.0937. The molecule has 2 aromatic rings. The maximum atomic E-state index is 11.3. The molecule has 0 aliphatic heterocycles. The van der Waals surface area contributed by atoms with Crippen LogP contribution in [0.5, 0.6) is 0 Å². The summed E-state index contributed by atoms with van der Waals surface area (Å²) in [5.41, 5.74) is 0. The number of rotatable bonds is 3. The molecule has 0 spiro atoms. The van der Waals surface area contributed by atoms with Crippen molar-refractivity contribution in [3.05, 3.63) is 30.0 Å². The summed E-state index contributed by atoms with van der Waals surface area (Å²) in [6.45, 7) is 0.306. The van der Waals surface area contributed by atoms with E-state index in [1.54, 1.807) is 12.1 Å². The standard InChI is InChI=1S/C7H7N5O2/c13-7(6-9-11-12-10-6)8-4-5-2-1-3-14-5/h1-3H,4H2,(H,8,13)(H,9,10,11,12). The first-order valence-electron chi connectivity index (χ1n) is 3.90. The summed E-state index contributed by atoms with van der Waals surface area (Å²) >= 11 is 0. The van der Waals surface area contributed by atoms with E-state index in [1.807, 2.05) is 0 Å². The fourth-order valence-electron chi connectivity index (χ4n) is 0.918. The van der Waals surface area contributed by atoms with Crippen molar-refractivity contribution in [3.63, 3.8) is 0 Å². The van der Waals surface area contributed by atoms with E-state index in [4.69, 9.17) is 4.42 Å². The van der Waals surface area contributed by atoms with Gasteiger partial charge in [0.05, 0.1) is 12.8 Å². The largest absolute Gasteiger partial charge is 0.467 e. The highest BCUT2D eigenvalue weighted by molar-refractivity contribution is 5.89. The Balaban J connectivity index is 1.90. The molecule has 2 N–H and O–H groups in total. The van der Waals surface area contributed by atoms with E-state index in [2.05, 4.69) is 25.9 Å². The van der Waals surface area contributed by atoms with Crippen LogP contribution in [0.1, 0.15) is 16.4 Å². The van der Waals surface area contributed by atoms with Crippen molar-refractivity contribution in [2.75, 3.05) is 0 Å². The molecule has 2 aromatic heterocycles. The zero-order chi connectivity index (χ0) is 9.80. The van der Waals surface area contributed by atoms with Crippen molar-refractivity contribution in [3.8, 4) is 0 Å². The molecular weight excluding hydrogens is 186 g/mol. The monoisotopic (exact) mass is 193 g/mol. The van der Waals surface area contributed by atoms with Crippen molar-refractivity contribution < 1.29 is 9.21 Å². The first-order chi connectivity index (χ1) is 6.86. The summed E-state index contributed by atoms with van der Waals surface area (Å²) in [4.78, 5) is 11.3. The highest BCUT2D eigenvalue weighted by Gasteiger charge is 2.09. The number of carbonyl (C=O) groups excluding carboxylic acids is 1. The van der Waals surface area contributed by atoms with Gasteiger partial charge in [-0.15, -0.1) is 10.2 Å². The molecule has 0 aliphatic carbocycles. The van der Waals surface area contributed by atoms with E-state index in [1.165, 1.54) is 6.26 Å². The van der Waals surface area contributed by atoms with Crippen molar-refractivity contribution >= 4 is 5.91 Å². The molecule has 0 saturated carbocycles. The van der Waals surface area contributed by atoms with Crippen molar-refractivity contribution in [1.29, 1.82) is 0 Å². The van der Waals surface area contributed by atoms with Crippen LogP contribution in [0.2, 0.25) is 0 Å². The average Bonchev–Trinajstić information content (AvgIpc) is 2.87. The summed E-state index contributed by atoms with van der Waals surface area (Å²) in [6, 6.07) is 3.51. The second kappa shape index (κ2) is 3.69. The van der Waals surface area contributed by atoms with Gasteiger partial charge in [-0.25, -0.2) is 0 Å². The number of hydrogen-bond acceptors (Lipinski definition) is 5. The fraction of sp³-hybridized carbons (Fsp3) is 0.143. The van der Waals surface area contributed by atoms with Crippen molar-refractivity contribution in [2.24, 2.45) is 0 Å². The molecule has 1 amide bonds. The number of aromatic amines is 1. The average molecular weight is 193 g/mol. The van der Waals surface area contributed by atoms with Crippen molar-refractivity contribution in [2.45, 2.75) is 6.54 Å². The van der Waals surface area contributed by atoms with Crippen LogP contribution in [-0.4, -0.2) is 26.5 Å². The van der Waals surface area contributed by atoms with Gasteiger partial charge in [-0.05, 0) is 17.3 Å². The van der Waals surface area contributed by atoms with Gasteiger partial charge in [0.2, 0.25) is 0 Å². The first kappa shape index (κ1) is 8.42. The summed E-state index contributed by atoms with van der Waals surface area (Å²) in [5, 5.41) is 15.1. The Morgan fingerprint density at radius 3 is 3.21 bits per heavy atom. The molecular formula is C7H7N5O2. The number of nitrogens with one attached hydrogen (secondary N) is 2. The predicted octanol–water partition coefficient (Wildman–Crippen LogP) is -0.277. The summed E-state index contributed by atoms with van der Waals surface area (Å²) in [5.74, 6) is 0.286. The van der Waals surface area contributed by atoms with Gasteiger partial charge < -0.3 is 9.73 Å². The van der Waals surface area contributed by atoms with E-state index < -0.39 is 5.91 Å². The molecule has 7 heteroatoms. The minimum atomic E-state index is -0.393. The number of nitrogens with zero attached hydrogens (tertiary/aromatic N) is 3. The third-order valence-electron chi connectivity index (χ3n) is 1.55. The maximum absolute atomic E-state index is 11.3. The minimum absolute atomic E-state index is 0.0107. The molecule has 72 valence electrons. The highest BCUT2D eigenvalue weighted by Crippen LogP contribution is 1.98. The number of hydrogen-bond donors (Lipinski definition) is 2. The molecule has 0 fully saturated rings. The molecule has 14 heavy (non-hydrogen) atoms. The number of furan rings is 1. The van der Waals surface area contributed by atoms with Crippen LogP contribution in [0.25, 0.3) is 0 Å². The van der Waals surface area contributed by atoms with E-state index in [0.29, 0.717) is 12.3 Å². The Bertz CT molecular complexity index is 394. The quantitative estimate of drug-likeness (QED) is 0.698. The van der Waals surface area contributed by atoms with Gasteiger partial charge in [0.1, 0.15) is 5.76 Å². The summed E-state index contributed by atoms with van der Waals surface area (Å²) in [6.07, 6.45) is 1.54. The first-order valence-corrected chi connectivity index (χ1v) is 3.90. The molecule has 2 heterocycles. The van der Waals surface area contributed by atoms with Crippen LogP contribution in [0.15, 0.2) is 22.8 Å². The highest BCUT2D eigenvalue weighted by atomic mass is 16.3. The molecule has 7 nitrogen and oxygen atoms in total. The van der Waals surface area contributed by atoms with Gasteiger partial charge in [0, 0.05) is 0 Å². The van der Waals surface area contributed by atoms with Crippen molar-refractivity contribution in [1.82, 2.24) is 25.9 Å². The van der Waals surface area contributed by atoms with E-state index in [9.17, 15) is 4.79 Å². The van der Waals surface area contributed by atoms with Gasteiger partial charge in [0.25, 0.3) is 11.7 Å². The zero-order valence-electron chi connectivity index (χ0n) is 7.10. The van der Waals surface area contributed by atoms with Gasteiger partial charge in [0.15, 0.2) is 0 Å². The normalized spacial score (nSPS) is 10.0. The number of amides is 1. The van der Waals surface area contributed by atoms with Gasteiger partial charge in [-0.1, -0.05) is 0 Å². The number of H-pyrrole nitrogens is 1. The molecule has 0 unspecified atom stereocenters. The second-order valence-corrected chi connectivity index (χ2v) is 2.50. The van der Waals surface area contributed by atoms with E-state index in [-0.39, 0.29) is 5.82 Å². The van der Waals surface area contributed by atoms with Gasteiger partial charge in [-0.2, -0.15) is 5.21 Å². The summed E-state index contributed by atoms with van der Waals surface area (Å²) < 4.78 is 5.02. The van der Waals surface area contributed by atoms with Crippen LogP contribution in [0, 0.1) is 0 Å². The molecule has 0 aliphatic rings. The number of carbonyl (C=O) groups is 1. The van der Waals surface area contributed by atoms with Crippen LogP contribution < -0.4 is 5.32 Å². The molecule has 0 aromatic carbocycles.